The van der Waals surface area contributed by atoms with Gasteiger partial charge in [0, 0.05) is 31.4 Å². The van der Waals surface area contributed by atoms with E-state index in [1.165, 1.54) is 5.56 Å². The van der Waals surface area contributed by atoms with Crippen molar-refractivity contribution in [3.05, 3.63) is 78.2 Å². The highest BCUT2D eigenvalue weighted by atomic mass is 15.2. The molecule has 0 amide bonds. The Kier molecular flexibility index (Phi) is 4.65. The number of benzene rings is 1. The molecule has 126 valence electrons. The lowest BCUT2D eigenvalue weighted by Crippen LogP contribution is -2.20. The van der Waals surface area contributed by atoms with Crippen molar-refractivity contribution in [3.63, 3.8) is 0 Å². The van der Waals surface area contributed by atoms with Gasteiger partial charge < -0.3 is 5.32 Å². The molecule has 0 bridgehead atoms. The van der Waals surface area contributed by atoms with E-state index in [9.17, 15) is 0 Å². The van der Waals surface area contributed by atoms with Crippen molar-refractivity contribution in [2.45, 2.75) is 18.9 Å². The van der Waals surface area contributed by atoms with Crippen LogP contribution in [-0.2, 0) is 6.54 Å². The third kappa shape index (κ3) is 4.00. The number of hydrogen-bond donors (Lipinski definition) is 1. The molecule has 1 saturated heterocycles. The Balaban J connectivity index is 1.41. The topological polar surface area (TPSA) is 53.9 Å². The maximum atomic E-state index is 4.70. The zero-order valence-electron chi connectivity index (χ0n) is 14.0. The molecular formula is C20H21N5. The first-order valence-corrected chi connectivity index (χ1v) is 8.64. The molecule has 0 saturated carbocycles. The monoisotopic (exact) mass is 331 g/mol. The Labute approximate surface area is 147 Å². The smallest absolute Gasteiger partial charge is 0.228 e. The standard InChI is InChI=1S/C20H21N5/c1-2-6-16(7-3-1)14-25-13-10-17(15-25)18-9-12-22-20(23-18)24-19-8-4-5-11-21-19/h1-9,11-12,17H,10,13-15H2,(H,21,22,23,24). The average Bonchev–Trinajstić information content (AvgIpc) is 3.12. The van der Waals surface area contributed by atoms with Gasteiger partial charge in [-0.1, -0.05) is 36.4 Å². The van der Waals surface area contributed by atoms with E-state index in [1.807, 2.05) is 30.5 Å². The molecule has 1 aliphatic heterocycles. The molecule has 5 nitrogen and oxygen atoms in total. The third-order valence-corrected chi connectivity index (χ3v) is 4.52. The Morgan fingerprint density at radius 3 is 2.68 bits per heavy atom. The molecule has 3 heterocycles. The first-order chi connectivity index (χ1) is 12.4. The fourth-order valence-corrected chi connectivity index (χ4v) is 3.27. The van der Waals surface area contributed by atoms with E-state index in [0.717, 1.165) is 37.6 Å². The molecule has 3 aromatic rings. The highest BCUT2D eigenvalue weighted by Gasteiger charge is 2.25. The van der Waals surface area contributed by atoms with Crippen molar-refractivity contribution in [2.75, 3.05) is 18.4 Å². The number of nitrogens with zero attached hydrogens (tertiary/aromatic N) is 4. The predicted octanol–water partition coefficient (Wildman–Crippen LogP) is 3.60. The molecule has 1 N–H and O–H groups in total. The minimum Gasteiger partial charge on any atom is -0.309 e. The molecular weight excluding hydrogens is 310 g/mol. The van der Waals surface area contributed by atoms with Crippen molar-refractivity contribution in [2.24, 2.45) is 0 Å². The number of hydrogen-bond acceptors (Lipinski definition) is 5. The van der Waals surface area contributed by atoms with Crippen molar-refractivity contribution in [3.8, 4) is 0 Å². The van der Waals surface area contributed by atoms with Crippen LogP contribution in [0.25, 0.3) is 0 Å². The van der Waals surface area contributed by atoms with E-state index in [1.54, 1.807) is 6.20 Å². The van der Waals surface area contributed by atoms with Crippen molar-refractivity contribution >= 4 is 11.8 Å². The molecule has 1 aliphatic rings. The van der Waals surface area contributed by atoms with Crippen molar-refractivity contribution in [1.82, 2.24) is 19.9 Å². The normalized spacial score (nSPS) is 17.5. The molecule has 25 heavy (non-hydrogen) atoms. The third-order valence-electron chi connectivity index (χ3n) is 4.52. The van der Waals surface area contributed by atoms with Gasteiger partial charge in [0.25, 0.3) is 0 Å². The Hall–Kier alpha value is -2.79. The second-order valence-corrected chi connectivity index (χ2v) is 6.35. The molecule has 0 radical (unpaired) electrons. The molecule has 1 atom stereocenters. The fraction of sp³-hybridized carbons (Fsp3) is 0.250. The van der Waals surface area contributed by atoms with Gasteiger partial charge in [-0.15, -0.1) is 0 Å². The maximum absolute atomic E-state index is 4.70. The van der Waals surface area contributed by atoms with E-state index in [-0.39, 0.29) is 0 Å². The summed E-state index contributed by atoms with van der Waals surface area (Å²) < 4.78 is 0. The number of pyridine rings is 1. The van der Waals surface area contributed by atoms with Crippen LogP contribution in [0.5, 0.6) is 0 Å². The lowest BCUT2D eigenvalue weighted by molar-refractivity contribution is 0.326. The summed E-state index contributed by atoms with van der Waals surface area (Å²) in [5, 5.41) is 3.17. The number of nitrogens with one attached hydrogen (secondary N) is 1. The van der Waals surface area contributed by atoms with Crippen LogP contribution in [0.1, 0.15) is 23.6 Å². The van der Waals surface area contributed by atoms with E-state index >= 15 is 0 Å². The van der Waals surface area contributed by atoms with E-state index in [4.69, 9.17) is 4.98 Å². The summed E-state index contributed by atoms with van der Waals surface area (Å²) in [6.45, 7) is 3.14. The molecule has 4 rings (SSSR count). The van der Waals surface area contributed by atoms with Gasteiger partial charge in [-0.2, -0.15) is 0 Å². The minimum absolute atomic E-state index is 0.455. The minimum atomic E-state index is 0.455. The van der Waals surface area contributed by atoms with Crippen LogP contribution in [0.4, 0.5) is 11.8 Å². The lowest BCUT2D eigenvalue weighted by atomic mass is 10.1. The van der Waals surface area contributed by atoms with Gasteiger partial charge in [0.1, 0.15) is 5.82 Å². The van der Waals surface area contributed by atoms with Crippen molar-refractivity contribution in [1.29, 1.82) is 0 Å². The predicted molar refractivity (Wildman–Crippen MR) is 98.6 cm³/mol. The van der Waals surface area contributed by atoms with Gasteiger partial charge in [-0.05, 0) is 36.7 Å². The van der Waals surface area contributed by atoms with E-state index < -0.39 is 0 Å². The summed E-state index contributed by atoms with van der Waals surface area (Å²) in [5.74, 6) is 1.82. The summed E-state index contributed by atoms with van der Waals surface area (Å²) >= 11 is 0. The average molecular weight is 331 g/mol. The van der Waals surface area contributed by atoms with Crippen LogP contribution in [0.3, 0.4) is 0 Å². The quantitative estimate of drug-likeness (QED) is 0.774. The zero-order valence-corrected chi connectivity index (χ0v) is 14.0. The Bertz CT molecular complexity index is 807. The first kappa shape index (κ1) is 15.7. The second-order valence-electron chi connectivity index (χ2n) is 6.35. The summed E-state index contributed by atoms with van der Waals surface area (Å²) in [6, 6.07) is 18.4. The van der Waals surface area contributed by atoms with Crippen LogP contribution in [-0.4, -0.2) is 32.9 Å². The fourth-order valence-electron chi connectivity index (χ4n) is 3.27. The molecule has 2 aromatic heterocycles. The SMILES string of the molecule is c1ccc(CN2CCC(c3ccnc(Nc4ccccn4)n3)C2)cc1. The molecule has 1 fully saturated rings. The molecule has 1 unspecified atom stereocenters. The van der Waals surface area contributed by atoms with Gasteiger partial charge in [-0.25, -0.2) is 15.0 Å². The van der Waals surface area contributed by atoms with Gasteiger partial charge in [0.15, 0.2) is 0 Å². The van der Waals surface area contributed by atoms with E-state index in [2.05, 4.69) is 50.5 Å². The number of aromatic nitrogens is 3. The van der Waals surface area contributed by atoms with Crippen LogP contribution >= 0.6 is 0 Å². The second kappa shape index (κ2) is 7.40. The number of likely N-dealkylation sites (tertiary alicyclic amines) is 1. The highest BCUT2D eigenvalue weighted by molar-refractivity contribution is 5.46. The summed E-state index contributed by atoms with van der Waals surface area (Å²) in [7, 11) is 0. The van der Waals surface area contributed by atoms with Crippen LogP contribution in [0.15, 0.2) is 67.0 Å². The maximum Gasteiger partial charge on any atom is 0.228 e. The molecule has 0 spiro atoms. The van der Waals surface area contributed by atoms with Crippen LogP contribution in [0, 0.1) is 0 Å². The zero-order chi connectivity index (χ0) is 16.9. The highest BCUT2D eigenvalue weighted by Crippen LogP contribution is 2.27. The van der Waals surface area contributed by atoms with Gasteiger partial charge >= 0.3 is 0 Å². The van der Waals surface area contributed by atoms with Crippen molar-refractivity contribution < 1.29 is 0 Å². The summed E-state index contributed by atoms with van der Waals surface area (Å²) in [5.41, 5.74) is 2.47. The molecule has 1 aromatic carbocycles. The van der Waals surface area contributed by atoms with Crippen LogP contribution in [0.2, 0.25) is 0 Å². The Morgan fingerprint density at radius 1 is 0.960 bits per heavy atom. The first-order valence-electron chi connectivity index (χ1n) is 8.64. The van der Waals surface area contributed by atoms with Gasteiger partial charge in [0.05, 0.1) is 5.69 Å². The summed E-state index contributed by atoms with van der Waals surface area (Å²) in [6.07, 6.45) is 4.71. The van der Waals surface area contributed by atoms with Crippen LogP contribution < -0.4 is 5.32 Å². The van der Waals surface area contributed by atoms with Gasteiger partial charge in [-0.3, -0.25) is 4.90 Å². The molecule has 5 heteroatoms. The number of rotatable bonds is 5. The van der Waals surface area contributed by atoms with E-state index in [0.29, 0.717) is 11.9 Å². The van der Waals surface area contributed by atoms with Gasteiger partial charge in [0.2, 0.25) is 5.95 Å². The molecule has 0 aliphatic carbocycles. The Morgan fingerprint density at radius 2 is 1.84 bits per heavy atom. The lowest BCUT2D eigenvalue weighted by Gasteiger charge is -2.16. The number of anilines is 2. The largest absolute Gasteiger partial charge is 0.309 e. The summed E-state index contributed by atoms with van der Waals surface area (Å²) in [4.78, 5) is 15.8.